The third-order valence-corrected chi connectivity index (χ3v) is 4.57. The number of benzene rings is 1. The number of para-hydroxylation sites is 1. The highest BCUT2D eigenvalue weighted by atomic mass is 16.8. The molecule has 1 aromatic carbocycles. The normalized spacial score (nSPS) is 29.7. The topological polar surface area (TPSA) is 93.4 Å². The van der Waals surface area contributed by atoms with E-state index in [4.69, 9.17) is 28.1 Å². The number of hydrogen-bond acceptors (Lipinski definition) is 8. The molecule has 0 N–H and O–H groups in total. The Morgan fingerprint density at radius 2 is 1.81 bits per heavy atom. The molecule has 8 nitrogen and oxygen atoms in total. The second kappa shape index (κ2) is 6.00. The first-order chi connectivity index (χ1) is 12.4. The van der Waals surface area contributed by atoms with Gasteiger partial charge in [-0.2, -0.15) is 0 Å². The lowest BCUT2D eigenvalue weighted by Gasteiger charge is -2.44. The van der Waals surface area contributed by atoms with Gasteiger partial charge < -0.3 is 28.1 Å². The molecular weight excluding hydrogens is 344 g/mol. The zero-order valence-corrected chi connectivity index (χ0v) is 14.5. The molecule has 2 aliphatic rings. The highest BCUT2D eigenvalue weighted by Gasteiger charge is 2.58. The van der Waals surface area contributed by atoms with Gasteiger partial charge in [0.1, 0.15) is 6.10 Å². The molecule has 0 spiro atoms. The van der Waals surface area contributed by atoms with E-state index < -0.39 is 42.0 Å². The first-order valence-electron chi connectivity index (χ1n) is 8.16. The molecule has 4 atom stereocenters. The third-order valence-electron chi connectivity index (χ3n) is 4.57. The zero-order chi connectivity index (χ0) is 18.5. The van der Waals surface area contributed by atoms with Crippen molar-refractivity contribution in [2.75, 3.05) is 7.11 Å². The SMILES string of the molecule is CO[C@@H]1[C@H]2OC(=O)O[C@H]2[C@H](Oc2cccc3ccc(=O)oc23)OC1(C)C. The van der Waals surface area contributed by atoms with Crippen molar-refractivity contribution >= 4 is 17.1 Å². The first kappa shape index (κ1) is 16.9. The van der Waals surface area contributed by atoms with E-state index in [1.54, 1.807) is 24.3 Å². The van der Waals surface area contributed by atoms with Gasteiger partial charge in [0.05, 0.1) is 5.60 Å². The summed E-state index contributed by atoms with van der Waals surface area (Å²) in [5.74, 6) is 0.304. The molecule has 2 fully saturated rings. The van der Waals surface area contributed by atoms with E-state index in [1.807, 2.05) is 13.8 Å². The summed E-state index contributed by atoms with van der Waals surface area (Å²) in [5, 5.41) is 0.697. The number of ether oxygens (including phenoxy) is 5. The second-order valence-electron chi connectivity index (χ2n) is 6.71. The molecular formula is C18H18O8. The van der Waals surface area contributed by atoms with Crippen molar-refractivity contribution in [3.63, 3.8) is 0 Å². The molecule has 3 heterocycles. The van der Waals surface area contributed by atoms with Crippen molar-refractivity contribution in [3.8, 4) is 5.75 Å². The Morgan fingerprint density at radius 3 is 2.58 bits per heavy atom. The molecule has 0 aliphatic carbocycles. The number of hydrogen-bond donors (Lipinski definition) is 0. The van der Waals surface area contributed by atoms with Gasteiger partial charge in [-0.1, -0.05) is 12.1 Å². The molecule has 138 valence electrons. The summed E-state index contributed by atoms with van der Waals surface area (Å²) < 4.78 is 33.1. The van der Waals surface area contributed by atoms with Crippen LogP contribution in [0.15, 0.2) is 39.5 Å². The van der Waals surface area contributed by atoms with Crippen LogP contribution >= 0.6 is 0 Å². The summed E-state index contributed by atoms with van der Waals surface area (Å²) in [5.41, 5.74) is -1.01. The standard InChI is InChI=1S/C18H18O8/c1-18(2)15(21-3)13-14(25-17(20)24-13)16(26-18)22-10-6-4-5-9-7-8-11(19)23-12(9)10/h4-8,13-16H,1-3H3/t13-,14+,15+,16+/m0/s1. The fourth-order valence-electron chi connectivity index (χ4n) is 3.45. The molecule has 4 rings (SSSR count). The van der Waals surface area contributed by atoms with Crippen LogP contribution in [0, 0.1) is 0 Å². The monoisotopic (exact) mass is 362 g/mol. The van der Waals surface area contributed by atoms with E-state index in [0.29, 0.717) is 11.1 Å². The number of fused-ring (bicyclic) bond motifs is 2. The van der Waals surface area contributed by atoms with Gasteiger partial charge in [-0.15, -0.1) is 0 Å². The number of rotatable bonds is 3. The van der Waals surface area contributed by atoms with Gasteiger partial charge in [0.15, 0.2) is 17.4 Å². The highest BCUT2D eigenvalue weighted by Crippen LogP contribution is 2.39. The Morgan fingerprint density at radius 1 is 1.04 bits per heavy atom. The summed E-state index contributed by atoms with van der Waals surface area (Å²) in [7, 11) is 1.51. The maximum Gasteiger partial charge on any atom is 0.509 e. The van der Waals surface area contributed by atoms with Gasteiger partial charge >= 0.3 is 11.8 Å². The Labute approximate surface area is 148 Å². The van der Waals surface area contributed by atoms with Crippen LogP contribution in [0.2, 0.25) is 0 Å². The largest absolute Gasteiger partial charge is 0.509 e. The van der Waals surface area contributed by atoms with Gasteiger partial charge in [0, 0.05) is 18.6 Å². The van der Waals surface area contributed by atoms with Crippen LogP contribution in [-0.2, 0) is 18.9 Å². The fraction of sp³-hybridized carbons (Fsp3) is 0.444. The first-order valence-corrected chi connectivity index (χ1v) is 8.16. The Kier molecular flexibility index (Phi) is 3.89. The lowest BCUT2D eigenvalue weighted by Crippen LogP contribution is -2.62. The van der Waals surface area contributed by atoms with E-state index in [0.717, 1.165) is 0 Å². The molecule has 2 saturated heterocycles. The minimum atomic E-state index is -0.955. The molecule has 8 heteroatoms. The van der Waals surface area contributed by atoms with Gasteiger partial charge in [-0.3, -0.25) is 0 Å². The summed E-state index contributed by atoms with van der Waals surface area (Å²) in [4.78, 5) is 23.2. The minimum Gasteiger partial charge on any atom is -0.457 e. The van der Waals surface area contributed by atoms with Gasteiger partial charge in [0.2, 0.25) is 12.4 Å². The predicted octanol–water partition coefficient (Wildman–Crippen LogP) is 2.23. The maximum atomic E-state index is 11.7. The highest BCUT2D eigenvalue weighted by molar-refractivity contribution is 5.82. The van der Waals surface area contributed by atoms with Crippen LogP contribution in [0.4, 0.5) is 4.79 Å². The maximum absolute atomic E-state index is 11.7. The van der Waals surface area contributed by atoms with Crippen LogP contribution < -0.4 is 10.4 Å². The van der Waals surface area contributed by atoms with Gasteiger partial charge in [-0.25, -0.2) is 9.59 Å². The van der Waals surface area contributed by atoms with Crippen LogP contribution in [0.1, 0.15) is 13.8 Å². The second-order valence-corrected chi connectivity index (χ2v) is 6.71. The Bertz CT molecular complexity index is 901. The third kappa shape index (κ3) is 2.71. The zero-order valence-electron chi connectivity index (χ0n) is 14.5. The van der Waals surface area contributed by atoms with E-state index in [-0.39, 0.29) is 5.58 Å². The van der Waals surface area contributed by atoms with Crippen molar-refractivity contribution < 1.29 is 32.9 Å². The average Bonchev–Trinajstić information content (AvgIpc) is 2.96. The molecule has 2 aliphatic heterocycles. The minimum absolute atomic E-state index is 0.289. The quantitative estimate of drug-likeness (QED) is 0.606. The molecule has 0 unspecified atom stereocenters. The van der Waals surface area contributed by atoms with Gasteiger partial charge in [0.25, 0.3) is 0 Å². The molecule has 26 heavy (non-hydrogen) atoms. The summed E-state index contributed by atoms with van der Waals surface area (Å²) >= 11 is 0. The number of carbonyl (C=O) groups excluding carboxylic acids is 1. The molecule has 1 aromatic heterocycles. The van der Waals surface area contributed by atoms with Crippen LogP contribution in [0.5, 0.6) is 5.75 Å². The van der Waals surface area contributed by atoms with Crippen LogP contribution in [0.25, 0.3) is 11.0 Å². The van der Waals surface area contributed by atoms with Gasteiger partial charge in [-0.05, 0) is 26.0 Å². The summed E-state index contributed by atoms with van der Waals surface area (Å²) in [6.07, 6.45) is -3.77. The number of methoxy groups -OCH3 is 1. The van der Waals surface area contributed by atoms with Crippen LogP contribution in [0.3, 0.4) is 0 Å². The average molecular weight is 362 g/mol. The lowest BCUT2D eigenvalue weighted by atomic mass is 9.89. The van der Waals surface area contributed by atoms with E-state index in [2.05, 4.69) is 0 Å². The van der Waals surface area contributed by atoms with Crippen molar-refractivity contribution in [3.05, 3.63) is 40.8 Å². The summed E-state index contributed by atoms with van der Waals surface area (Å²) in [6.45, 7) is 3.62. The Hall–Kier alpha value is -2.58. The van der Waals surface area contributed by atoms with Crippen molar-refractivity contribution in [1.29, 1.82) is 0 Å². The van der Waals surface area contributed by atoms with Crippen molar-refractivity contribution in [2.24, 2.45) is 0 Å². The van der Waals surface area contributed by atoms with Crippen LogP contribution in [-0.4, -0.2) is 43.5 Å². The van der Waals surface area contributed by atoms with E-state index in [9.17, 15) is 9.59 Å². The molecule has 0 amide bonds. The van der Waals surface area contributed by atoms with Crippen molar-refractivity contribution in [1.82, 2.24) is 0 Å². The molecule has 0 saturated carbocycles. The molecule has 2 aromatic rings. The fourth-order valence-corrected chi connectivity index (χ4v) is 3.45. The predicted molar refractivity (Wildman–Crippen MR) is 88.0 cm³/mol. The summed E-state index contributed by atoms with van der Waals surface area (Å²) in [6, 6.07) is 8.18. The Balaban J connectivity index is 1.71. The van der Waals surface area contributed by atoms with E-state index >= 15 is 0 Å². The van der Waals surface area contributed by atoms with Crippen molar-refractivity contribution in [2.45, 2.75) is 44.1 Å². The smallest absolute Gasteiger partial charge is 0.457 e. The molecule has 0 bridgehead atoms. The van der Waals surface area contributed by atoms with E-state index in [1.165, 1.54) is 13.2 Å². The lowest BCUT2D eigenvalue weighted by molar-refractivity contribution is -0.282. The number of carbonyl (C=O) groups is 1. The molecule has 0 radical (unpaired) electrons.